The van der Waals surface area contributed by atoms with E-state index < -0.39 is 0 Å². The quantitative estimate of drug-likeness (QED) is 0.847. The number of aromatic nitrogens is 1. The average molecular weight is 278 g/mol. The smallest absolute Gasteiger partial charge is 0.214 e. The molecule has 0 aliphatic carbocycles. The number of benzene rings is 1. The molecule has 0 N–H and O–H groups in total. The van der Waals surface area contributed by atoms with Gasteiger partial charge in [0, 0.05) is 16.7 Å². The molecule has 0 radical (unpaired) electrons. The van der Waals surface area contributed by atoms with Crippen LogP contribution in [0.25, 0.3) is 0 Å². The Hall–Kier alpha value is -1.35. The molecule has 1 unspecified atom stereocenters. The van der Waals surface area contributed by atoms with Gasteiger partial charge in [-0.1, -0.05) is 46.3 Å². The van der Waals surface area contributed by atoms with Gasteiger partial charge in [0.1, 0.15) is 6.10 Å². The van der Waals surface area contributed by atoms with E-state index in [1.807, 2.05) is 49.4 Å². The monoisotopic (exact) mass is 277 g/mol. The molecule has 0 spiro atoms. The highest BCUT2D eigenvalue weighted by Gasteiger charge is 2.07. The molecule has 2 aromatic rings. The SMILES string of the molecule is CC(Oc1cc(Br)ccn1)c1ccccc1. The second kappa shape index (κ2) is 5.12. The highest BCUT2D eigenvalue weighted by Crippen LogP contribution is 2.21. The van der Waals surface area contributed by atoms with Crippen LogP contribution in [-0.4, -0.2) is 4.98 Å². The molecule has 0 saturated heterocycles. The van der Waals surface area contributed by atoms with Crippen LogP contribution in [0.15, 0.2) is 53.1 Å². The van der Waals surface area contributed by atoms with Crippen LogP contribution in [0, 0.1) is 0 Å². The molecular weight excluding hydrogens is 266 g/mol. The number of nitrogens with zero attached hydrogens (tertiary/aromatic N) is 1. The Labute approximate surface area is 103 Å². The number of halogens is 1. The van der Waals surface area contributed by atoms with Crippen LogP contribution >= 0.6 is 15.9 Å². The van der Waals surface area contributed by atoms with E-state index in [1.165, 1.54) is 0 Å². The molecule has 0 saturated carbocycles. The minimum Gasteiger partial charge on any atom is -0.470 e. The lowest BCUT2D eigenvalue weighted by Crippen LogP contribution is -2.03. The van der Waals surface area contributed by atoms with Gasteiger partial charge in [-0.3, -0.25) is 0 Å². The fourth-order valence-corrected chi connectivity index (χ4v) is 1.74. The maximum absolute atomic E-state index is 5.74. The zero-order valence-corrected chi connectivity index (χ0v) is 10.5. The van der Waals surface area contributed by atoms with E-state index in [-0.39, 0.29) is 6.10 Å². The van der Waals surface area contributed by atoms with Crippen LogP contribution in [0.2, 0.25) is 0 Å². The number of rotatable bonds is 3. The van der Waals surface area contributed by atoms with E-state index in [9.17, 15) is 0 Å². The minimum absolute atomic E-state index is 0.00278. The van der Waals surface area contributed by atoms with Crippen LogP contribution in [0.3, 0.4) is 0 Å². The van der Waals surface area contributed by atoms with Crippen molar-refractivity contribution in [3.63, 3.8) is 0 Å². The average Bonchev–Trinajstić information content (AvgIpc) is 2.30. The Morgan fingerprint density at radius 3 is 2.62 bits per heavy atom. The first kappa shape index (κ1) is 11.1. The van der Waals surface area contributed by atoms with Crippen molar-refractivity contribution in [2.75, 3.05) is 0 Å². The first-order chi connectivity index (χ1) is 7.75. The maximum atomic E-state index is 5.74. The molecule has 1 atom stereocenters. The predicted molar refractivity (Wildman–Crippen MR) is 67.4 cm³/mol. The molecule has 16 heavy (non-hydrogen) atoms. The van der Waals surface area contributed by atoms with E-state index in [0.29, 0.717) is 5.88 Å². The molecule has 1 heterocycles. The van der Waals surface area contributed by atoms with Gasteiger partial charge in [0.2, 0.25) is 5.88 Å². The summed E-state index contributed by atoms with van der Waals surface area (Å²) in [4.78, 5) is 4.15. The summed E-state index contributed by atoms with van der Waals surface area (Å²) in [6.45, 7) is 2.01. The molecule has 0 amide bonds. The summed E-state index contributed by atoms with van der Waals surface area (Å²) in [6, 6.07) is 13.8. The molecule has 0 aliphatic heterocycles. The van der Waals surface area contributed by atoms with Crippen LogP contribution in [-0.2, 0) is 0 Å². The van der Waals surface area contributed by atoms with Gasteiger partial charge in [-0.25, -0.2) is 4.98 Å². The zero-order valence-electron chi connectivity index (χ0n) is 8.93. The Morgan fingerprint density at radius 2 is 1.94 bits per heavy atom. The van der Waals surface area contributed by atoms with Crippen molar-refractivity contribution in [1.29, 1.82) is 0 Å². The van der Waals surface area contributed by atoms with Crippen LogP contribution < -0.4 is 4.74 Å². The molecule has 2 rings (SSSR count). The summed E-state index contributed by atoms with van der Waals surface area (Å²) in [7, 11) is 0. The summed E-state index contributed by atoms with van der Waals surface area (Å²) in [5.41, 5.74) is 1.14. The summed E-state index contributed by atoms with van der Waals surface area (Å²) in [5, 5.41) is 0. The van der Waals surface area contributed by atoms with Crippen molar-refractivity contribution < 1.29 is 4.74 Å². The van der Waals surface area contributed by atoms with Gasteiger partial charge in [0.25, 0.3) is 0 Å². The molecule has 1 aromatic heterocycles. The number of hydrogen-bond acceptors (Lipinski definition) is 2. The summed E-state index contributed by atoms with van der Waals surface area (Å²) in [6.07, 6.45) is 1.72. The second-order valence-electron chi connectivity index (χ2n) is 3.48. The lowest BCUT2D eigenvalue weighted by atomic mass is 10.1. The lowest BCUT2D eigenvalue weighted by Gasteiger charge is -2.13. The Kier molecular flexibility index (Phi) is 3.57. The summed E-state index contributed by atoms with van der Waals surface area (Å²) < 4.78 is 6.71. The first-order valence-corrected chi connectivity index (χ1v) is 5.88. The highest BCUT2D eigenvalue weighted by molar-refractivity contribution is 9.10. The van der Waals surface area contributed by atoms with E-state index in [2.05, 4.69) is 20.9 Å². The lowest BCUT2D eigenvalue weighted by molar-refractivity contribution is 0.217. The molecule has 3 heteroatoms. The van der Waals surface area contributed by atoms with Gasteiger partial charge >= 0.3 is 0 Å². The Bertz CT molecular complexity index is 458. The Balaban J connectivity index is 2.11. The largest absolute Gasteiger partial charge is 0.470 e. The minimum atomic E-state index is 0.00278. The van der Waals surface area contributed by atoms with Crippen molar-refractivity contribution in [1.82, 2.24) is 4.98 Å². The first-order valence-electron chi connectivity index (χ1n) is 5.09. The van der Waals surface area contributed by atoms with Gasteiger partial charge < -0.3 is 4.74 Å². The van der Waals surface area contributed by atoms with E-state index in [4.69, 9.17) is 4.74 Å². The van der Waals surface area contributed by atoms with Crippen molar-refractivity contribution in [3.05, 3.63) is 58.7 Å². The Morgan fingerprint density at radius 1 is 1.19 bits per heavy atom. The second-order valence-corrected chi connectivity index (χ2v) is 4.40. The van der Waals surface area contributed by atoms with Crippen molar-refractivity contribution in [2.45, 2.75) is 13.0 Å². The molecule has 0 bridgehead atoms. The fraction of sp³-hybridized carbons (Fsp3) is 0.154. The molecule has 2 nitrogen and oxygen atoms in total. The molecule has 1 aromatic carbocycles. The highest BCUT2D eigenvalue weighted by atomic mass is 79.9. The van der Waals surface area contributed by atoms with E-state index in [0.717, 1.165) is 10.0 Å². The normalized spacial score (nSPS) is 12.1. The summed E-state index contributed by atoms with van der Waals surface area (Å²) >= 11 is 3.39. The van der Waals surface area contributed by atoms with Gasteiger partial charge in [-0.15, -0.1) is 0 Å². The fourth-order valence-electron chi connectivity index (χ4n) is 1.42. The summed E-state index contributed by atoms with van der Waals surface area (Å²) in [5.74, 6) is 0.630. The van der Waals surface area contributed by atoms with Crippen LogP contribution in [0.5, 0.6) is 5.88 Å². The third-order valence-corrected chi connectivity index (χ3v) is 2.76. The van der Waals surface area contributed by atoms with Gasteiger partial charge in [-0.05, 0) is 18.6 Å². The zero-order chi connectivity index (χ0) is 11.4. The van der Waals surface area contributed by atoms with Gasteiger partial charge in [0.05, 0.1) is 0 Å². The standard InChI is InChI=1S/C13H12BrNO/c1-10(11-5-3-2-4-6-11)16-13-9-12(14)7-8-15-13/h2-10H,1H3. The van der Waals surface area contributed by atoms with Crippen LogP contribution in [0.4, 0.5) is 0 Å². The third-order valence-electron chi connectivity index (χ3n) is 2.26. The molecule has 0 aliphatic rings. The van der Waals surface area contributed by atoms with Crippen molar-refractivity contribution >= 4 is 15.9 Å². The molecule has 0 fully saturated rings. The molecule has 82 valence electrons. The maximum Gasteiger partial charge on any atom is 0.214 e. The van der Waals surface area contributed by atoms with Crippen LogP contribution in [0.1, 0.15) is 18.6 Å². The number of pyridine rings is 1. The topological polar surface area (TPSA) is 22.1 Å². The third kappa shape index (κ3) is 2.83. The van der Waals surface area contributed by atoms with E-state index >= 15 is 0 Å². The number of hydrogen-bond donors (Lipinski definition) is 0. The predicted octanol–water partition coefficient (Wildman–Crippen LogP) is 3.98. The van der Waals surface area contributed by atoms with Gasteiger partial charge in [-0.2, -0.15) is 0 Å². The van der Waals surface area contributed by atoms with Crippen molar-refractivity contribution in [2.24, 2.45) is 0 Å². The van der Waals surface area contributed by atoms with E-state index in [1.54, 1.807) is 6.20 Å². The van der Waals surface area contributed by atoms with Gasteiger partial charge in [0.15, 0.2) is 0 Å². The number of ether oxygens (including phenoxy) is 1. The van der Waals surface area contributed by atoms with Crippen molar-refractivity contribution in [3.8, 4) is 5.88 Å². The molecular formula is C13H12BrNO.